The summed E-state index contributed by atoms with van der Waals surface area (Å²) >= 11 is 0. The molecule has 3 nitrogen and oxygen atoms in total. The van der Waals surface area contributed by atoms with Gasteiger partial charge in [-0.05, 0) is 48.6 Å². The Hall–Kier alpha value is -2.36. The average molecular weight is 340 g/mol. The van der Waals surface area contributed by atoms with Crippen LogP contribution in [0.2, 0.25) is 0 Å². The largest absolute Gasteiger partial charge is 0.378 e. The lowest BCUT2D eigenvalue weighted by Gasteiger charge is -2.22. The Morgan fingerprint density at radius 3 is 2.40 bits per heavy atom. The third kappa shape index (κ3) is 3.84. The van der Waals surface area contributed by atoms with Gasteiger partial charge in [0, 0.05) is 38.8 Å². The van der Waals surface area contributed by atoms with E-state index in [1.54, 1.807) is 12.1 Å². The molecule has 0 aromatic heterocycles. The summed E-state index contributed by atoms with van der Waals surface area (Å²) in [6.07, 6.45) is 0.746. The van der Waals surface area contributed by atoms with E-state index in [0.717, 1.165) is 17.7 Å². The number of anilines is 1. The number of hydrogen-bond acceptors (Lipinski definition) is 2. The maximum absolute atomic E-state index is 13.9. The van der Waals surface area contributed by atoms with E-state index in [9.17, 15) is 9.18 Å². The zero-order valence-electron chi connectivity index (χ0n) is 15.1. The van der Waals surface area contributed by atoms with E-state index in [0.29, 0.717) is 18.7 Å². The van der Waals surface area contributed by atoms with Gasteiger partial charge in [-0.25, -0.2) is 4.39 Å². The summed E-state index contributed by atoms with van der Waals surface area (Å²) in [6.45, 7) is 3.25. The Morgan fingerprint density at radius 1 is 1.12 bits per heavy atom. The minimum absolute atomic E-state index is 0.0267. The smallest absolute Gasteiger partial charge is 0.226 e. The van der Waals surface area contributed by atoms with Crippen LogP contribution in [0, 0.1) is 11.7 Å². The SMILES string of the molecule is CCN(Cc1ccc(N(C)C)cc1)C(=O)C1CC1c1ccccc1F. The molecule has 1 fully saturated rings. The second kappa shape index (κ2) is 7.26. The summed E-state index contributed by atoms with van der Waals surface area (Å²) < 4.78 is 13.9. The fourth-order valence-electron chi connectivity index (χ4n) is 3.29. The minimum Gasteiger partial charge on any atom is -0.378 e. The maximum Gasteiger partial charge on any atom is 0.226 e. The Bertz CT molecular complexity index is 742. The van der Waals surface area contributed by atoms with Gasteiger partial charge in [-0.1, -0.05) is 30.3 Å². The molecule has 0 bridgehead atoms. The zero-order chi connectivity index (χ0) is 18.0. The summed E-state index contributed by atoms with van der Waals surface area (Å²) in [5.41, 5.74) is 2.93. The van der Waals surface area contributed by atoms with E-state index in [1.807, 2.05) is 32.0 Å². The Balaban J connectivity index is 1.65. The molecule has 0 saturated heterocycles. The van der Waals surface area contributed by atoms with Gasteiger partial charge < -0.3 is 9.80 Å². The van der Waals surface area contributed by atoms with Crippen molar-refractivity contribution in [3.63, 3.8) is 0 Å². The second-order valence-corrected chi connectivity index (χ2v) is 6.88. The van der Waals surface area contributed by atoms with Crippen molar-refractivity contribution in [1.82, 2.24) is 4.90 Å². The topological polar surface area (TPSA) is 23.6 Å². The molecule has 25 heavy (non-hydrogen) atoms. The summed E-state index contributed by atoms with van der Waals surface area (Å²) in [7, 11) is 4.01. The number of amides is 1. The quantitative estimate of drug-likeness (QED) is 0.792. The summed E-state index contributed by atoms with van der Waals surface area (Å²) in [5, 5.41) is 0. The van der Waals surface area contributed by atoms with Gasteiger partial charge in [0.25, 0.3) is 0 Å². The van der Waals surface area contributed by atoms with E-state index in [2.05, 4.69) is 29.2 Å². The molecule has 0 aliphatic heterocycles. The molecular formula is C21H25FN2O. The molecule has 0 spiro atoms. The van der Waals surface area contributed by atoms with E-state index < -0.39 is 0 Å². The van der Waals surface area contributed by atoms with Crippen LogP contribution in [0.4, 0.5) is 10.1 Å². The monoisotopic (exact) mass is 340 g/mol. The molecule has 0 heterocycles. The number of halogens is 1. The maximum atomic E-state index is 13.9. The highest BCUT2D eigenvalue weighted by molar-refractivity contribution is 5.83. The number of nitrogens with zero attached hydrogens (tertiary/aromatic N) is 2. The molecule has 1 aliphatic rings. The number of carbonyl (C=O) groups is 1. The summed E-state index contributed by atoms with van der Waals surface area (Å²) in [4.78, 5) is 16.7. The third-order valence-corrected chi connectivity index (χ3v) is 4.93. The van der Waals surface area contributed by atoms with Crippen LogP contribution in [0.15, 0.2) is 48.5 Å². The van der Waals surface area contributed by atoms with Gasteiger partial charge in [0.1, 0.15) is 5.82 Å². The number of hydrogen-bond donors (Lipinski definition) is 0. The van der Waals surface area contributed by atoms with E-state index in [4.69, 9.17) is 0 Å². The molecule has 4 heteroatoms. The predicted molar refractivity (Wildman–Crippen MR) is 99.1 cm³/mol. The Morgan fingerprint density at radius 2 is 1.80 bits per heavy atom. The Labute approximate surface area is 149 Å². The molecule has 0 radical (unpaired) electrons. The summed E-state index contributed by atoms with van der Waals surface area (Å²) in [6, 6.07) is 15.0. The van der Waals surface area contributed by atoms with Gasteiger partial charge in [-0.15, -0.1) is 0 Å². The molecule has 2 aromatic rings. The molecule has 1 saturated carbocycles. The van der Waals surface area contributed by atoms with Gasteiger partial charge in [0.2, 0.25) is 5.91 Å². The average Bonchev–Trinajstić information content (AvgIpc) is 3.40. The van der Waals surface area contributed by atoms with Crippen molar-refractivity contribution < 1.29 is 9.18 Å². The first kappa shape index (κ1) is 17.5. The molecule has 2 aromatic carbocycles. The van der Waals surface area contributed by atoms with Crippen LogP contribution in [-0.4, -0.2) is 31.4 Å². The molecule has 1 aliphatic carbocycles. The van der Waals surface area contributed by atoms with E-state index >= 15 is 0 Å². The van der Waals surface area contributed by atoms with Crippen LogP contribution in [0.5, 0.6) is 0 Å². The van der Waals surface area contributed by atoms with E-state index in [1.165, 1.54) is 6.07 Å². The van der Waals surface area contributed by atoms with Crippen molar-refractivity contribution in [1.29, 1.82) is 0 Å². The van der Waals surface area contributed by atoms with Crippen molar-refractivity contribution in [2.75, 3.05) is 25.5 Å². The first-order chi connectivity index (χ1) is 12.0. The summed E-state index contributed by atoms with van der Waals surface area (Å²) in [5.74, 6) is -0.130. The van der Waals surface area contributed by atoms with Crippen molar-refractivity contribution >= 4 is 11.6 Å². The van der Waals surface area contributed by atoms with Crippen molar-refractivity contribution in [3.8, 4) is 0 Å². The van der Waals surface area contributed by atoms with Crippen LogP contribution in [0.3, 0.4) is 0 Å². The van der Waals surface area contributed by atoms with Crippen LogP contribution in [-0.2, 0) is 11.3 Å². The van der Waals surface area contributed by atoms with Gasteiger partial charge in [0.15, 0.2) is 0 Å². The molecule has 0 N–H and O–H groups in total. The first-order valence-electron chi connectivity index (χ1n) is 8.80. The van der Waals surface area contributed by atoms with Crippen LogP contribution >= 0.6 is 0 Å². The Kier molecular flexibility index (Phi) is 5.07. The molecule has 3 rings (SSSR count). The molecule has 2 unspecified atom stereocenters. The lowest BCUT2D eigenvalue weighted by atomic mass is 10.1. The molecular weight excluding hydrogens is 315 g/mol. The fraction of sp³-hybridized carbons (Fsp3) is 0.381. The number of benzene rings is 2. The van der Waals surface area contributed by atoms with Crippen molar-refractivity contribution in [2.24, 2.45) is 5.92 Å². The normalized spacial score (nSPS) is 18.7. The number of carbonyl (C=O) groups excluding carboxylic acids is 1. The van der Waals surface area contributed by atoms with Gasteiger partial charge in [-0.3, -0.25) is 4.79 Å². The molecule has 132 valence electrons. The van der Waals surface area contributed by atoms with Gasteiger partial charge in [0.05, 0.1) is 0 Å². The van der Waals surface area contributed by atoms with Gasteiger partial charge >= 0.3 is 0 Å². The van der Waals surface area contributed by atoms with Crippen LogP contribution < -0.4 is 4.90 Å². The first-order valence-corrected chi connectivity index (χ1v) is 8.80. The second-order valence-electron chi connectivity index (χ2n) is 6.88. The van der Waals surface area contributed by atoms with Crippen LogP contribution in [0.1, 0.15) is 30.4 Å². The minimum atomic E-state index is -0.204. The lowest BCUT2D eigenvalue weighted by molar-refractivity contribution is -0.133. The van der Waals surface area contributed by atoms with Gasteiger partial charge in [-0.2, -0.15) is 0 Å². The highest BCUT2D eigenvalue weighted by Crippen LogP contribution is 2.49. The van der Waals surface area contributed by atoms with Crippen molar-refractivity contribution in [2.45, 2.75) is 25.8 Å². The predicted octanol–water partition coefficient (Wildman–Crippen LogP) is 4.04. The zero-order valence-corrected chi connectivity index (χ0v) is 15.1. The van der Waals surface area contributed by atoms with Crippen LogP contribution in [0.25, 0.3) is 0 Å². The van der Waals surface area contributed by atoms with E-state index in [-0.39, 0.29) is 23.6 Å². The molecule has 2 atom stereocenters. The third-order valence-electron chi connectivity index (χ3n) is 4.93. The van der Waals surface area contributed by atoms with Crippen molar-refractivity contribution in [3.05, 3.63) is 65.5 Å². The fourth-order valence-corrected chi connectivity index (χ4v) is 3.29. The number of rotatable bonds is 6. The molecule has 1 amide bonds. The standard InChI is InChI=1S/C21H25FN2O/c1-4-24(14-15-9-11-16(12-10-15)23(2)3)21(25)19-13-18(19)17-7-5-6-8-20(17)22/h5-12,18-19H,4,13-14H2,1-3H3. The highest BCUT2D eigenvalue weighted by atomic mass is 19.1. The lowest BCUT2D eigenvalue weighted by Crippen LogP contribution is -2.32. The highest BCUT2D eigenvalue weighted by Gasteiger charge is 2.46.